The summed E-state index contributed by atoms with van der Waals surface area (Å²) in [6.07, 6.45) is 3.43. The zero-order valence-electron chi connectivity index (χ0n) is 7.78. The molecule has 1 heterocycles. The minimum Gasteiger partial charge on any atom is -0.362 e. The second kappa shape index (κ2) is 2.36. The lowest BCUT2D eigenvalue weighted by atomic mass is 10.1. The standard InChI is InChI=1S/C10H16N2/c1-7-5-9(8(2)12-7)6-10(11)3-4-10/h5,12H,3-4,6,11H2,1-2H3. The van der Waals surface area contributed by atoms with Crippen LogP contribution in [-0.4, -0.2) is 10.5 Å². The second-order valence-corrected chi connectivity index (χ2v) is 4.14. The molecule has 1 aromatic heterocycles. The number of hydrogen-bond acceptors (Lipinski definition) is 1. The Morgan fingerprint density at radius 2 is 2.17 bits per heavy atom. The summed E-state index contributed by atoms with van der Waals surface area (Å²) in [7, 11) is 0. The van der Waals surface area contributed by atoms with Crippen LogP contribution >= 0.6 is 0 Å². The summed E-state index contributed by atoms with van der Waals surface area (Å²) in [4.78, 5) is 3.30. The second-order valence-electron chi connectivity index (χ2n) is 4.14. The molecule has 1 aliphatic carbocycles. The SMILES string of the molecule is Cc1cc(CC2(N)CC2)c(C)[nH]1. The van der Waals surface area contributed by atoms with Gasteiger partial charge in [0.2, 0.25) is 0 Å². The molecule has 1 saturated carbocycles. The molecule has 0 atom stereocenters. The average molecular weight is 164 g/mol. The van der Waals surface area contributed by atoms with Crippen LogP contribution in [0.15, 0.2) is 6.07 Å². The van der Waals surface area contributed by atoms with Gasteiger partial charge in [-0.2, -0.15) is 0 Å². The number of aromatic nitrogens is 1. The van der Waals surface area contributed by atoms with Crippen LogP contribution < -0.4 is 5.73 Å². The Balaban J connectivity index is 2.17. The van der Waals surface area contributed by atoms with E-state index in [4.69, 9.17) is 5.73 Å². The van der Waals surface area contributed by atoms with Gasteiger partial charge in [0.05, 0.1) is 0 Å². The fourth-order valence-electron chi connectivity index (χ4n) is 1.68. The van der Waals surface area contributed by atoms with Crippen molar-refractivity contribution >= 4 is 0 Å². The summed E-state index contributed by atoms with van der Waals surface area (Å²) < 4.78 is 0. The Morgan fingerprint density at radius 1 is 1.50 bits per heavy atom. The van der Waals surface area contributed by atoms with Gasteiger partial charge in [-0.1, -0.05) is 0 Å². The summed E-state index contributed by atoms with van der Waals surface area (Å²) in [6.45, 7) is 4.21. The fourth-order valence-corrected chi connectivity index (χ4v) is 1.68. The van der Waals surface area contributed by atoms with Crippen LogP contribution in [0.5, 0.6) is 0 Å². The van der Waals surface area contributed by atoms with Gasteiger partial charge in [0.15, 0.2) is 0 Å². The molecule has 2 heteroatoms. The van der Waals surface area contributed by atoms with Crippen LogP contribution in [-0.2, 0) is 6.42 Å². The highest BCUT2D eigenvalue weighted by Crippen LogP contribution is 2.36. The van der Waals surface area contributed by atoms with Crippen LogP contribution in [0.25, 0.3) is 0 Å². The van der Waals surface area contributed by atoms with Gasteiger partial charge < -0.3 is 10.7 Å². The van der Waals surface area contributed by atoms with E-state index >= 15 is 0 Å². The molecule has 1 aliphatic rings. The summed E-state index contributed by atoms with van der Waals surface area (Å²) in [5.41, 5.74) is 10.1. The molecule has 0 amide bonds. The van der Waals surface area contributed by atoms with Crippen molar-refractivity contribution in [3.8, 4) is 0 Å². The van der Waals surface area contributed by atoms with Gasteiger partial charge in [0.1, 0.15) is 0 Å². The van der Waals surface area contributed by atoms with Crippen molar-refractivity contribution in [2.45, 2.75) is 38.6 Å². The molecular weight excluding hydrogens is 148 g/mol. The molecule has 3 N–H and O–H groups in total. The smallest absolute Gasteiger partial charge is 0.0197 e. The number of nitrogens with two attached hydrogens (primary N) is 1. The van der Waals surface area contributed by atoms with E-state index in [0.29, 0.717) is 0 Å². The van der Waals surface area contributed by atoms with Crippen LogP contribution in [0, 0.1) is 13.8 Å². The first-order valence-corrected chi connectivity index (χ1v) is 4.53. The molecular formula is C10H16N2. The maximum Gasteiger partial charge on any atom is 0.0197 e. The minimum atomic E-state index is 0.138. The fraction of sp³-hybridized carbons (Fsp3) is 0.600. The lowest BCUT2D eigenvalue weighted by Gasteiger charge is -2.06. The molecule has 0 radical (unpaired) electrons. The van der Waals surface area contributed by atoms with Crippen molar-refractivity contribution < 1.29 is 0 Å². The molecule has 0 saturated heterocycles. The van der Waals surface area contributed by atoms with Crippen molar-refractivity contribution in [3.05, 3.63) is 23.0 Å². The Kier molecular flexibility index (Phi) is 1.55. The van der Waals surface area contributed by atoms with Crippen molar-refractivity contribution in [3.63, 3.8) is 0 Å². The third kappa shape index (κ3) is 1.39. The zero-order valence-corrected chi connectivity index (χ0v) is 7.78. The maximum atomic E-state index is 6.04. The predicted octanol–water partition coefficient (Wildman–Crippen LogP) is 1.67. The Hall–Kier alpha value is -0.760. The van der Waals surface area contributed by atoms with E-state index in [9.17, 15) is 0 Å². The highest BCUT2D eigenvalue weighted by molar-refractivity contribution is 5.28. The Labute approximate surface area is 73.2 Å². The van der Waals surface area contributed by atoms with Gasteiger partial charge in [0.25, 0.3) is 0 Å². The van der Waals surface area contributed by atoms with E-state index in [1.165, 1.54) is 29.8 Å². The summed E-state index contributed by atoms with van der Waals surface area (Å²) in [5.74, 6) is 0. The first-order valence-electron chi connectivity index (χ1n) is 4.53. The van der Waals surface area contributed by atoms with E-state index in [1.54, 1.807) is 0 Å². The van der Waals surface area contributed by atoms with Gasteiger partial charge in [-0.05, 0) is 44.7 Å². The number of nitrogens with one attached hydrogen (secondary N) is 1. The number of aromatic amines is 1. The molecule has 0 aromatic carbocycles. The Morgan fingerprint density at radius 3 is 2.58 bits per heavy atom. The summed E-state index contributed by atoms with van der Waals surface area (Å²) >= 11 is 0. The highest BCUT2D eigenvalue weighted by Gasteiger charge is 2.38. The molecule has 2 nitrogen and oxygen atoms in total. The number of hydrogen-bond donors (Lipinski definition) is 2. The summed E-state index contributed by atoms with van der Waals surface area (Å²) in [5, 5.41) is 0. The van der Waals surface area contributed by atoms with E-state index < -0.39 is 0 Å². The average Bonchev–Trinajstić information content (AvgIpc) is 2.58. The molecule has 66 valence electrons. The Bertz CT molecular complexity index is 295. The normalized spacial score (nSPS) is 19.6. The number of aryl methyl sites for hydroxylation is 2. The molecule has 2 rings (SSSR count). The van der Waals surface area contributed by atoms with Crippen LogP contribution in [0.4, 0.5) is 0 Å². The van der Waals surface area contributed by atoms with Crippen LogP contribution in [0.1, 0.15) is 29.8 Å². The largest absolute Gasteiger partial charge is 0.362 e. The van der Waals surface area contributed by atoms with E-state index in [0.717, 1.165) is 6.42 Å². The molecule has 0 aliphatic heterocycles. The van der Waals surface area contributed by atoms with Gasteiger partial charge in [-0.3, -0.25) is 0 Å². The third-order valence-electron chi connectivity index (χ3n) is 2.69. The van der Waals surface area contributed by atoms with E-state index in [1.807, 2.05) is 0 Å². The lowest BCUT2D eigenvalue weighted by molar-refractivity contribution is 0.670. The molecule has 0 bridgehead atoms. The first-order chi connectivity index (χ1) is 5.59. The van der Waals surface area contributed by atoms with Gasteiger partial charge in [0, 0.05) is 16.9 Å². The van der Waals surface area contributed by atoms with Gasteiger partial charge >= 0.3 is 0 Å². The molecule has 0 spiro atoms. The monoisotopic (exact) mass is 164 g/mol. The minimum absolute atomic E-state index is 0.138. The van der Waals surface area contributed by atoms with E-state index in [2.05, 4.69) is 24.9 Å². The van der Waals surface area contributed by atoms with Crippen LogP contribution in [0.2, 0.25) is 0 Å². The molecule has 12 heavy (non-hydrogen) atoms. The first kappa shape index (κ1) is 7.87. The molecule has 1 aromatic rings. The highest BCUT2D eigenvalue weighted by atomic mass is 14.8. The van der Waals surface area contributed by atoms with Crippen molar-refractivity contribution in [1.29, 1.82) is 0 Å². The number of rotatable bonds is 2. The maximum absolute atomic E-state index is 6.04. The predicted molar refractivity (Wildman–Crippen MR) is 50.1 cm³/mol. The quantitative estimate of drug-likeness (QED) is 0.686. The lowest BCUT2D eigenvalue weighted by Crippen LogP contribution is -2.24. The zero-order chi connectivity index (χ0) is 8.77. The van der Waals surface area contributed by atoms with Gasteiger partial charge in [-0.15, -0.1) is 0 Å². The molecule has 0 unspecified atom stereocenters. The van der Waals surface area contributed by atoms with E-state index in [-0.39, 0.29) is 5.54 Å². The van der Waals surface area contributed by atoms with Crippen molar-refractivity contribution in [2.24, 2.45) is 5.73 Å². The van der Waals surface area contributed by atoms with Crippen molar-refractivity contribution in [1.82, 2.24) is 4.98 Å². The van der Waals surface area contributed by atoms with Gasteiger partial charge in [-0.25, -0.2) is 0 Å². The third-order valence-corrected chi connectivity index (χ3v) is 2.69. The van der Waals surface area contributed by atoms with Crippen LogP contribution in [0.3, 0.4) is 0 Å². The summed E-state index contributed by atoms with van der Waals surface area (Å²) in [6, 6.07) is 2.21. The number of H-pyrrole nitrogens is 1. The molecule has 1 fully saturated rings. The van der Waals surface area contributed by atoms with Crippen molar-refractivity contribution in [2.75, 3.05) is 0 Å². The topological polar surface area (TPSA) is 41.8 Å².